The number of nitrogens with zero attached hydrogens (tertiary/aromatic N) is 3. The largest absolute Gasteiger partial charge is 0.497 e. The minimum absolute atomic E-state index is 0.0416. The molecule has 0 saturated carbocycles. The lowest BCUT2D eigenvalue weighted by Gasteiger charge is -2.36. The number of aromatic nitrogens is 1. The van der Waals surface area contributed by atoms with Crippen molar-refractivity contribution in [2.75, 3.05) is 33.9 Å². The summed E-state index contributed by atoms with van der Waals surface area (Å²) in [5, 5.41) is 10.3. The highest BCUT2D eigenvalue weighted by atomic mass is 16.5. The van der Waals surface area contributed by atoms with Crippen molar-refractivity contribution in [1.29, 1.82) is 0 Å². The number of carbonyl (C=O) groups is 1. The molecule has 170 valence electrons. The number of hydrogen-bond donors (Lipinski definition) is 1. The molecule has 1 amide bonds. The molecule has 2 aromatic rings. The summed E-state index contributed by atoms with van der Waals surface area (Å²) < 4.78 is 7.07. The Morgan fingerprint density at radius 2 is 1.81 bits per heavy atom. The number of pyridine rings is 1. The number of fused-ring (bicyclic) bond motifs is 4. The lowest BCUT2D eigenvalue weighted by molar-refractivity contribution is -0.139. The summed E-state index contributed by atoms with van der Waals surface area (Å²) in [5.74, 6) is 0.371. The fraction of sp³-hybridized carbons (Fsp3) is 0.520. The molecule has 4 atom stereocenters. The van der Waals surface area contributed by atoms with Gasteiger partial charge in [-0.3, -0.25) is 14.5 Å². The van der Waals surface area contributed by atoms with E-state index in [-0.39, 0.29) is 42.0 Å². The van der Waals surface area contributed by atoms with Crippen LogP contribution in [0.15, 0.2) is 41.2 Å². The number of methoxy groups -OCH3 is 1. The van der Waals surface area contributed by atoms with E-state index >= 15 is 0 Å². The second-order valence-electron chi connectivity index (χ2n) is 9.25. The summed E-state index contributed by atoms with van der Waals surface area (Å²) in [5.41, 5.74) is 2.31. The molecule has 3 aliphatic heterocycles. The van der Waals surface area contributed by atoms with Crippen LogP contribution < -0.4 is 10.3 Å². The Bertz CT molecular complexity index is 1060. The van der Waals surface area contributed by atoms with Crippen molar-refractivity contribution in [2.24, 2.45) is 11.8 Å². The zero-order valence-electron chi connectivity index (χ0n) is 18.7. The van der Waals surface area contributed by atoms with Crippen molar-refractivity contribution in [3.63, 3.8) is 0 Å². The van der Waals surface area contributed by atoms with Gasteiger partial charge in [-0.05, 0) is 56.1 Å². The van der Waals surface area contributed by atoms with Gasteiger partial charge >= 0.3 is 0 Å². The molecular formula is C25H31N3O4. The number of likely N-dealkylation sites (N-methyl/N-ethyl adjacent to an activating group) is 1. The Labute approximate surface area is 188 Å². The molecule has 3 aliphatic rings. The van der Waals surface area contributed by atoms with Gasteiger partial charge in [0.1, 0.15) is 5.75 Å². The van der Waals surface area contributed by atoms with Gasteiger partial charge in [-0.25, -0.2) is 0 Å². The number of benzene rings is 1. The number of hydrogen-bond acceptors (Lipinski definition) is 5. The quantitative estimate of drug-likeness (QED) is 0.793. The number of ether oxygens (including phenoxy) is 1. The first kappa shape index (κ1) is 21.2. The Kier molecular flexibility index (Phi) is 5.55. The molecule has 1 N–H and O–H groups in total. The molecule has 2 fully saturated rings. The summed E-state index contributed by atoms with van der Waals surface area (Å²) in [7, 11) is 3.64. The number of aliphatic hydroxyl groups excluding tert-OH is 1. The average molecular weight is 438 g/mol. The third-order valence-electron chi connectivity index (χ3n) is 7.70. The third-order valence-corrected chi connectivity index (χ3v) is 7.70. The molecule has 2 saturated heterocycles. The zero-order chi connectivity index (χ0) is 22.4. The summed E-state index contributed by atoms with van der Waals surface area (Å²) in [4.78, 5) is 31.3. The van der Waals surface area contributed by atoms with Gasteiger partial charge in [0.05, 0.1) is 19.1 Å². The van der Waals surface area contributed by atoms with Gasteiger partial charge in [0, 0.05) is 49.5 Å². The summed E-state index contributed by atoms with van der Waals surface area (Å²) in [6.07, 6.45) is 3.23. The zero-order valence-corrected chi connectivity index (χ0v) is 18.7. The van der Waals surface area contributed by atoms with Crippen molar-refractivity contribution in [1.82, 2.24) is 14.4 Å². The predicted octanol–water partition coefficient (Wildman–Crippen LogP) is 2.13. The smallest absolute Gasteiger partial charge is 0.258 e. The van der Waals surface area contributed by atoms with Gasteiger partial charge in [0.15, 0.2) is 0 Å². The lowest BCUT2D eigenvalue weighted by atomic mass is 9.85. The monoisotopic (exact) mass is 437 g/mol. The van der Waals surface area contributed by atoms with E-state index in [2.05, 4.69) is 4.90 Å². The molecule has 0 spiro atoms. The summed E-state index contributed by atoms with van der Waals surface area (Å²) >= 11 is 0. The molecule has 1 aromatic carbocycles. The van der Waals surface area contributed by atoms with E-state index in [4.69, 9.17) is 4.74 Å². The molecule has 4 heterocycles. The first-order valence-electron chi connectivity index (χ1n) is 11.5. The van der Waals surface area contributed by atoms with E-state index < -0.39 is 0 Å². The molecule has 0 aliphatic carbocycles. The SMILES string of the molecule is COc1ccc(-c2ccc3n(c2=O)C[C@H]2[C@H](CO)[C@@H](C(=O)N4CCCCC4)[C@@H]3N2C)cc1. The van der Waals surface area contributed by atoms with Gasteiger partial charge in [0.25, 0.3) is 5.56 Å². The van der Waals surface area contributed by atoms with Gasteiger partial charge in [-0.1, -0.05) is 12.1 Å². The minimum atomic E-state index is -0.326. The van der Waals surface area contributed by atoms with E-state index in [1.807, 2.05) is 52.9 Å². The van der Waals surface area contributed by atoms with Crippen LogP contribution in [-0.4, -0.2) is 65.3 Å². The summed E-state index contributed by atoms with van der Waals surface area (Å²) in [6.45, 7) is 2.01. The minimum Gasteiger partial charge on any atom is -0.497 e. The third kappa shape index (κ3) is 3.26. The van der Waals surface area contributed by atoms with Crippen LogP contribution in [-0.2, 0) is 11.3 Å². The molecule has 7 nitrogen and oxygen atoms in total. The van der Waals surface area contributed by atoms with Gasteiger partial charge < -0.3 is 19.3 Å². The maximum absolute atomic E-state index is 13.6. The standard InChI is InChI=1S/C25H31N3O4/c1-26-21-14-28-20(11-10-18(24(28)30)16-6-8-17(32-2)9-7-16)23(26)22(19(21)15-29)25(31)27-12-4-3-5-13-27/h6-11,19,21-23,29H,3-5,12-15H2,1-2H3/t19-,21-,22+,23+/m0/s1. The van der Waals surface area contributed by atoms with E-state index in [9.17, 15) is 14.7 Å². The van der Waals surface area contributed by atoms with Crippen LogP contribution >= 0.6 is 0 Å². The maximum Gasteiger partial charge on any atom is 0.258 e. The van der Waals surface area contributed by atoms with Crippen LogP contribution in [0.1, 0.15) is 31.0 Å². The normalized spacial score (nSPS) is 27.3. The van der Waals surface area contributed by atoms with Crippen LogP contribution in [0.25, 0.3) is 11.1 Å². The molecular weight excluding hydrogens is 406 g/mol. The Morgan fingerprint density at radius 3 is 2.47 bits per heavy atom. The highest BCUT2D eigenvalue weighted by Crippen LogP contribution is 2.48. The topological polar surface area (TPSA) is 75.0 Å². The highest BCUT2D eigenvalue weighted by Gasteiger charge is 2.55. The molecule has 0 unspecified atom stereocenters. The van der Waals surface area contributed by atoms with Crippen LogP contribution in [0, 0.1) is 11.8 Å². The molecule has 5 rings (SSSR count). The van der Waals surface area contributed by atoms with Gasteiger partial charge in [-0.2, -0.15) is 0 Å². The highest BCUT2D eigenvalue weighted by molar-refractivity contribution is 5.81. The maximum atomic E-state index is 13.6. The molecule has 7 heteroatoms. The van der Waals surface area contributed by atoms with E-state index in [0.29, 0.717) is 12.1 Å². The van der Waals surface area contributed by atoms with Crippen LogP contribution in [0.3, 0.4) is 0 Å². The summed E-state index contributed by atoms with van der Waals surface area (Å²) in [6, 6.07) is 11.1. The van der Waals surface area contributed by atoms with E-state index in [0.717, 1.165) is 49.4 Å². The first-order chi connectivity index (χ1) is 15.5. The van der Waals surface area contributed by atoms with E-state index in [1.54, 1.807) is 7.11 Å². The lowest BCUT2D eigenvalue weighted by Crippen LogP contribution is -2.45. The van der Waals surface area contributed by atoms with Crippen molar-refractivity contribution >= 4 is 5.91 Å². The number of rotatable bonds is 4. The second-order valence-corrected chi connectivity index (χ2v) is 9.25. The number of aliphatic hydroxyl groups is 1. The molecule has 32 heavy (non-hydrogen) atoms. The van der Waals surface area contributed by atoms with Gasteiger partial charge in [-0.15, -0.1) is 0 Å². The second kappa shape index (κ2) is 8.37. The van der Waals surface area contributed by atoms with Crippen molar-refractivity contribution in [2.45, 2.75) is 37.9 Å². The Balaban J connectivity index is 1.55. The average Bonchev–Trinajstić information content (AvgIpc) is 3.01. The number of amides is 1. The number of likely N-dealkylation sites (tertiary alicyclic amines) is 1. The fourth-order valence-electron chi connectivity index (χ4n) is 5.99. The van der Waals surface area contributed by atoms with Crippen LogP contribution in [0.5, 0.6) is 5.75 Å². The Hall–Kier alpha value is -2.64. The van der Waals surface area contributed by atoms with Crippen LogP contribution in [0.4, 0.5) is 0 Å². The first-order valence-corrected chi connectivity index (χ1v) is 11.5. The molecule has 1 aromatic heterocycles. The van der Waals surface area contributed by atoms with Gasteiger partial charge in [0.2, 0.25) is 5.91 Å². The van der Waals surface area contributed by atoms with Crippen molar-refractivity contribution in [3.05, 3.63) is 52.4 Å². The fourth-order valence-corrected chi connectivity index (χ4v) is 5.99. The predicted molar refractivity (Wildman–Crippen MR) is 121 cm³/mol. The number of piperidine rings is 1. The van der Waals surface area contributed by atoms with Crippen molar-refractivity contribution in [3.8, 4) is 16.9 Å². The number of carbonyl (C=O) groups excluding carboxylic acids is 1. The molecule has 2 bridgehead atoms. The Morgan fingerprint density at radius 1 is 1.09 bits per heavy atom. The van der Waals surface area contributed by atoms with E-state index in [1.165, 1.54) is 0 Å². The van der Waals surface area contributed by atoms with Crippen LogP contribution in [0.2, 0.25) is 0 Å². The van der Waals surface area contributed by atoms with Crippen molar-refractivity contribution < 1.29 is 14.6 Å². The molecule has 0 radical (unpaired) electrons.